The van der Waals surface area contributed by atoms with Crippen molar-refractivity contribution in [3.05, 3.63) is 24.0 Å². The molecule has 0 aliphatic carbocycles. The Labute approximate surface area is 86.7 Å². The summed E-state index contributed by atoms with van der Waals surface area (Å²) in [6.45, 7) is 1.71. The molecule has 0 saturated carbocycles. The highest BCUT2D eigenvalue weighted by Gasteiger charge is 2.16. The highest BCUT2D eigenvalue weighted by atomic mass is 16.5. The van der Waals surface area contributed by atoms with Crippen LogP contribution in [0.1, 0.15) is 23.8 Å². The summed E-state index contributed by atoms with van der Waals surface area (Å²) >= 11 is 0. The van der Waals surface area contributed by atoms with E-state index in [2.05, 4.69) is 4.98 Å². The summed E-state index contributed by atoms with van der Waals surface area (Å²) in [7, 11) is 0. The summed E-state index contributed by atoms with van der Waals surface area (Å²) in [5.41, 5.74) is 0.283. The number of carboxylic acid groups (broad SMARTS) is 1. The van der Waals surface area contributed by atoms with Gasteiger partial charge in [0.05, 0.1) is 6.20 Å². The van der Waals surface area contributed by atoms with Crippen molar-refractivity contribution in [2.24, 2.45) is 0 Å². The Morgan fingerprint density at radius 2 is 2.40 bits per heavy atom. The van der Waals surface area contributed by atoms with E-state index in [1.807, 2.05) is 0 Å². The minimum absolute atomic E-state index is 0.283. The van der Waals surface area contributed by atoms with Crippen molar-refractivity contribution < 1.29 is 19.4 Å². The molecule has 1 unspecified atom stereocenters. The molecule has 1 atom stereocenters. The second-order valence-corrected chi connectivity index (χ2v) is 2.89. The van der Waals surface area contributed by atoms with Crippen LogP contribution < -0.4 is 4.74 Å². The fraction of sp³-hybridized carbons (Fsp3) is 0.300. The van der Waals surface area contributed by atoms with Crippen LogP contribution in [0.4, 0.5) is 0 Å². The number of aromatic nitrogens is 1. The van der Waals surface area contributed by atoms with Crippen molar-refractivity contribution in [2.75, 3.05) is 0 Å². The van der Waals surface area contributed by atoms with Gasteiger partial charge >= 0.3 is 5.97 Å². The van der Waals surface area contributed by atoms with Gasteiger partial charge in [-0.2, -0.15) is 0 Å². The lowest BCUT2D eigenvalue weighted by atomic mass is 10.3. The topological polar surface area (TPSA) is 76.5 Å². The van der Waals surface area contributed by atoms with Crippen molar-refractivity contribution in [2.45, 2.75) is 19.4 Å². The van der Waals surface area contributed by atoms with Gasteiger partial charge in [-0.25, -0.2) is 9.78 Å². The number of carboxylic acids is 1. The summed E-state index contributed by atoms with van der Waals surface area (Å²) in [6, 6.07) is 2.99. The molecule has 0 aliphatic heterocycles. The van der Waals surface area contributed by atoms with Gasteiger partial charge < -0.3 is 9.84 Å². The second-order valence-electron chi connectivity index (χ2n) is 2.89. The van der Waals surface area contributed by atoms with E-state index in [9.17, 15) is 9.59 Å². The smallest absolute Gasteiger partial charge is 0.344 e. The van der Waals surface area contributed by atoms with Crippen molar-refractivity contribution in [3.63, 3.8) is 0 Å². The summed E-state index contributed by atoms with van der Waals surface area (Å²) in [5, 5.41) is 8.73. The first kappa shape index (κ1) is 11.2. The molecular formula is C10H11NO4. The SMILES string of the molecule is CCC(Oc1ccc(C=O)nc1)C(=O)O. The highest BCUT2D eigenvalue weighted by Crippen LogP contribution is 2.12. The minimum Gasteiger partial charge on any atom is -0.479 e. The monoisotopic (exact) mass is 209 g/mol. The number of aliphatic carboxylic acids is 1. The number of hydrogen-bond donors (Lipinski definition) is 1. The fourth-order valence-corrected chi connectivity index (χ4v) is 1.00. The number of aldehydes is 1. The standard InChI is InChI=1S/C10H11NO4/c1-2-9(10(13)14)15-8-4-3-7(6-12)11-5-8/h3-6,9H,2H2,1H3,(H,13,14). The Bertz CT molecular complexity index is 347. The number of pyridine rings is 1. The maximum Gasteiger partial charge on any atom is 0.344 e. The molecule has 0 radical (unpaired) electrons. The van der Waals surface area contributed by atoms with Gasteiger partial charge in [0.15, 0.2) is 12.4 Å². The zero-order chi connectivity index (χ0) is 11.3. The van der Waals surface area contributed by atoms with Crippen molar-refractivity contribution >= 4 is 12.3 Å². The van der Waals surface area contributed by atoms with Crippen LogP contribution >= 0.6 is 0 Å². The molecule has 80 valence electrons. The summed E-state index contributed by atoms with van der Waals surface area (Å²) < 4.78 is 5.15. The maximum atomic E-state index is 10.7. The van der Waals surface area contributed by atoms with Crippen molar-refractivity contribution in [1.29, 1.82) is 0 Å². The van der Waals surface area contributed by atoms with E-state index in [1.54, 1.807) is 6.92 Å². The first-order valence-corrected chi connectivity index (χ1v) is 4.48. The van der Waals surface area contributed by atoms with E-state index in [0.29, 0.717) is 18.5 Å². The predicted octanol–water partition coefficient (Wildman–Crippen LogP) is 1.14. The third-order valence-electron chi connectivity index (χ3n) is 1.80. The first-order valence-electron chi connectivity index (χ1n) is 4.48. The Morgan fingerprint density at radius 1 is 1.67 bits per heavy atom. The Kier molecular flexibility index (Phi) is 3.79. The van der Waals surface area contributed by atoms with Crippen LogP contribution in [0.25, 0.3) is 0 Å². The van der Waals surface area contributed by atoms with Crippen molar-refractivity contribution in [1.82, 2.24) is 4.98 Å². The molecule has 0 bridgehead atoms. The average Bonchev–Trinajstić information content (AvgIpc) is 2.26. The van der Waals surface area contributed by atoms with Gasteiger partial charge in [-0.1, -0.05) is 6.92 Å². The van der Waals surface area contributed by atoms with Crippen LogP contribution in [0.15, 0.2) is 18.3 Å². The number of carbonyl (C=O) groups is 2. The summed E-state index contributed by atoms with van der Waals surface area (Å²) in [5.74, 6) is -0.674. The Morgan fingerprint density at radius 3 is 2.80 bits per heavy atom. The normalized spacial score (nSPS) is 11.8. The molecule has 0 fully saturated rings. The van der Waals surface area contributed by atoms with Gasteiger partial charge in [-0.3, -0.25) is 4.79 Å². The molecule has 0 saturated heterocycles. The first-order chi connectivity index (χ1) is 7.17. The summed E-state index contributed by atoms with van der Waals surface area (Å²) in [6.07, 6.45) is 1.42. The van der Waals surface area contributed by atoms with Gasteiger partial charge in [0.2, 0.25) is 0 Å². The van der Waals surface area contributed by atoms with E-state index in [-0.39, 0.29) is 5.69 Å². The summed E-state index contributed by atoms with van der Waals surface area (Å²) in [4.78, 5) is 24.7. The lowest BCUT2D eigenvalue weighted by molar-refractivity contribution is -0.145. The van der Waals surface area contributed by atoms with Gasteiger partial charge in [-0.15, -0.1) is 0 Å². The molecule has 1 aromatic rings. The number of hydrogen-bond acceptors (Lipinski definition) is 4. The number of ether oxygens (including phenoxy) is 1. The number of rotatable bonds is 5. The zero-order valence-electron chi connectivity index (χ0n) is 8.21. The van der Waals surface area contributed by atoms with Crippen LogP contribution in [-0.2, 0) is 4.79 Å². The molecule has 1 rings (SSSR count). The van der Waals surface area contributed by atoms with Gasteiger partial charge in [0, 0.05) is 0 Å². The van der Waals surface area contributed by atoms with Gasteiger partial charge in [-0.05, 0) is 18.6 Å². The average molecular weight is 209 g/mol. The quantitative estimate of drug-likeness (QED) is 0.736. The largest absolute Gasteiger partial charge is 0.479 e. The molecule has 5 heteroatoms. The van der Waals surface area contributed by atoms with Gasteiger partial charge in [0.1, 0.15) is 11.4 Å². The Balaban J connectivity index is 2.71. The molecule has 1 N–H and O–H groups in total. The van der Waals surface area contributed by atoms with E-state index >= 15 is 0 Å². The fourth-order valence-electron chi connectivity index (χ4n) is 1.00. The molecule has 0 aromatic carbocycles. The number of carbonyl (C=O) groups excluding carboxylic acids is 1. The van der Waals surface area contributed by atoms with Crippen LogP contribution in [-0.4, -0.2) is 28.4 Å². The second kappa shape index (κ2) is 5.09. The number of nitrogens with zero attached hydrogens (tertiary/aromatic N) is 1. The minimum atomic E-state index is -1.02. The van der Waals surface area contributed by atoms with Crippen LogP contribution in [0.5, 0.6) is 5.75 Å². The highest BCUT2D eigenvalue weighted by molar-refractivity contribution is 5.73. The van der Waals surface area contributed by atoms with Crippen LogP contribution in [0, 0.1) is 0 Å². The van der Waals surface area contributed by atoms with E-state index < -0.39 is 12.1 Å². The lowest BCUT2D eigenvalue weighted by Crippen LogP contribution is -2.25. The molecule has 15 heavy (non-hydrogen) atoms. The zero-order valence-corrected chi connectivity index (χ0v) is 8.21. The third-order valence-corrected chi connectivity index (χ3v) is 1.80. The predicted molar refractivity (Wildman–Crippen MR) is 52.0 cm³/mol. The van der Waals surface area contributed by atoms with Crippen LogP contribution in [0.2, 0.25) is 0 Å². The van der Waals surface area contributed by atoms with Gasteiger partial charge in [0.25, 0.3) is 0 Å². The molecule has 0 spiro atoms. The molecule has 1 heterocycles. The van der Waals surface area contributed by atoms with E-state index in [4.69, 9.17) is 9.84 Å². The van der Waals surface area contributed by atoms with Crippen LogP contribution in [0.3, 0.4) is 0 Å². The molecular weight excluding hydrogens is 198 g/mol. The molecule has 5 nitrogen and oxygen atoms in total. The van der Waals surface area contributed by atoms with Crippen molar-refractivity contribution in [3.8, 4) is 5.75 Å². The maximum absolute atomic E-state index is 10.7. The Hall–Kier alpha value is -1.91. The van der Waals surface area contributed by atoms with E-state index in [0.717, 1.165) is 0 Å². The van der Waals surface area contributed by atoms with E-state index in [1.165, 1.54) is 18.3 Å². The molecule has 0 aliphatic rings. The lowest BCUT2D eigenvalue weighted by Gasteiger charge is -2.12. The third kappa shape index (κ3) is 3.05. The molecule has 0 amide bonds. The molecule has 1 aromatic heterocycles.